The van der Waals surface area contributed by atoms with Crippen molar-refractivity contribution in [2.24, 2.45) is 0 Å². The molecule has 0 amide bonds. The number of piperazine rings is 1. The molecule has 9 heteroatoms. The molecule has 5 rings (SSSR count). The molecule has 0 aliphatic carbocycles. The molecule has 2 fully saturated rings. The van der Waals surface area contributed by atoms with Gasteiger partial charge in [-0.2, -0.15) is 0 Å². The number of hydrogen-bond acceptors (Lipinski definition) is 8. The molecular formula is C23H27FN8. The van der Waals surface area contributed by atoms with Gasteiger partial charge in [0.2, 0.25) is 11.9 Å². The Morgan fingerprint density at radius 1 is 1.06 bits per heavy atom. The summed E-state index contributed by atoms with van der Waals surface area (Å²) in [6.07, 6.45) is 7.23. The smallest absolute Gasteiger partial charge is 0.227 e. The molecule has 0 radical (unpaired) electrons. The Morgan fingerprint density at radius 2 is 1.91 bits per heavy atom. The van der Waals surface area contributed by atoms with Gasteiger partial charge in [0, 0.05) is 61.6 Å². The van der Waals surface area contributed by atoms with Gasteiger partial charge in [-0.25, -0.2) is 24.3 Å². The molecule has 2 aliphatic rings. The summed E-state index contributed by atoms with van der Waals surface area (Å²) in [4.78, 5) is 22.0. The normalized spacial score (nSPS) is 20.0. The SMILES string of the molecule is CCCNc1ncc(-c2ccnc(Nc3ccc(N4CC5CC4CN5C)c(F)c3)n2)cn1. The lowest BCUT2D eigenvalue weighted by Crippen LogP contribution is -2.44. The van der Waals surface area contributed by atoms with E-state index in [9.17, 15) is 4.39 Å². The summed E-state index contributed by atoms with van der Waals surface area (Å²) in [7, 11) is 2.14. The van der Waals surface area contributed by atoms with Crippen molar-refractivity contribution >= 4 is 23.3 Å². The molecule has 2 unspecified atom stereocenters. The number of anilines is 4. The number of halogens is 1. The number of hydrogen-bond donors (Lipinski definition) is 2. The van der Waals surface area contributed by atoms with Crippen LogP contribution in [0.25, 0.3) is 11.3 Å². The van der Waals surface area contributed by atoms with Gasteiger partial charge in [0.1, 0.15) is 5.82 Å². The number of aromatic nitrogens is 4. The number of likely N-dealkylation sites (tertiary alicyclic amines) is 1. The van der Waals surface area contributed by atoms with Crippen LogP contribution >= 0.6 is 0 Å². The zero-order valence-electron chi connectivity index (χ0n) is 18.3. The van der Waals surface area contributed by atoms with Crippen LogP contribution in [0.1, 0.15) is 19.8 Å². The summed E-state index contributed by atoms with van der Waals surface area (Å²) in [6.45, 7) is 4.78. The third-order valence-electron chi connectivity index (χ3n) is 6.16. The average Bonchev–Trinajstić information content (AvgIpc) is 3.38. The largest absolute Gasteiger partial charge is 0.363 e. The Labute approximate surface area is 186 Å². The molecule has 166 valence electrons. The number of nitrogens with zero attached hydrogens (tertiary/aromatic N) is 6. The van der Waals surface area contributed by atoms with Crippen LogP contribution in [0.4, 0.5) is 27.7 Å². The van der Waals surface area contributed by atoms with Crippen LogP contribution in [0.15, 0.2) is 42.9 Å². The van der Waals surface area contributed by atoms with Crippen molar-refractivity contribution in [3.63, 3.8) is 0 Å². The molecule has 3 aromatic rings. The van der Waals surface area contributed by atoms with E-state index in [4.69, 9.17) is 0 Å². The van der Waals surface area contributed by atoms with Gasteiger partial charge in [-0.05, 0) is 44.2 Å². The van der Waals surface area contributed by atoms with Crippen molar-refractivity contribution in [2.75, 3.05) is 42.2 Å². The Morgan fingerprint density at radius 3 is 2.59 bits per heavy atom. The number of fused-ring (bicyclic) bond motifs is 2. The predicted molar refractivity (Wildman–Crippen MR) is 124 cm³/mol. The second-order valence-corrected chi connectivity index (χ2v) is 8.41. The molecule has 2 aliphatic heterocycles. The van der Waals surface area contributed by atoms with E-state index in [1.54, 1.807) is 24.7 Å². The first-order valence-electron chi connectivity index (χ1n) is 11.0. The molecule has 0 spiro atoms. The first kappa shape index (κ1) is 20.6. The minimum Gasteiger partial charge on any atom is -0.363 e. The topological polar surface area (TPSA) is 82.1 Å². The van der Waals surface area contributed by atoms with Crippen molar-refractivity contribution in [2.45, 2.75) is 31.8 Å². The van der Waals surface area contributed by atoms with Crippen molar-refractivity contribution in [3.05, 3.63) is 48.7 Å². The fraction of sp³-hybridized carbons (Fsp3) is 0.391. The fourth-order valence-corrected chi connectivity index (χ4v) is 4.48. The lowest BCUT2D eigenvalue weighted by molar-refractivity contribution is 0.292. The molecule has 2 atom stereocenters. The summed E-state index contributed by atoms with van der Waals surface area (Å²) < 4.78 is 14.9. The van der Waals surface area contributed by atoms with Crippen LogP contribution < -0.4 is 15.5 Å². The highest BCUT2D eigenvalue weighted by Crippen LogP contribution is 2.35. The first-order chi connectivity index (χ1) is 15.6. The van der Waals surface area contributed by atoms with Crippen molar-refractivity contribution in [3.8, 4) is 11.3 Å². The number of nitrogens with one attached hydrogen (secondary N) is 2. The Hall–Kier alpha value is -3.33. The monoisotopic (exact) mass is 434 g/mol. The maximum absolute atomic E-state index is 14.9. The summed E-state index contributed by atoms with van der Waals surface area (Å²) in [6, 6.07) is 7.95. The zero-order valence-corrected chi connectivity index (χ0v) is 18.3. The van der Waals surface area contributed by atoms with E-state index in [0.29, 0.717) is 41.0 Å². The van der Waals surface area contributed by atoms with Gasteiger partial charge in [-0.3, -0.25) is 4.90 Å². The van der Waals surface area contributed by atoms with Crippen molar-refractivity contribution in [1.29, 1.82) is 0 Å². The van der Waals surface area contributed by atoms with Crippen molar-refractivity contribution in [1.82, 2.24) is 24.8 Å². The van der Waals surface area contributed by atoms with Crippen LogP contribution in [0, 0.1) is 5.82 Å². The number of likely N-dealkylation sites (N-methyl/N-ethyl adjacent to an activating group) is 1. The fourth-order valence-electron chi connectivity index (χ4n) is 4.48. The van der Waals surface area contributed by atoms with Gasteiger partial charge in [-0.1, -0.05) is 6.92 Å². The third-order valence-corrected chi connectivity index (χ3v) is 6.16. The van der Waals surface area contributed by atoms with Crippen LogP contribution in [-0.2, 0) is 0 Å². The van der Waals surface area contributed by atoms with E-state index >= 15 is 0 Å². The minimum absolute atomic E-state index is 0.232. The molecule has 32 heavy (non-hydrogen) atoms. The maximum Gasteiger partial charge on any atom is 0.227 e. The number of benzene rings is 1. The molecule has 2 saturated heterocycles. The molecule has 1 aromatic carbocycles. The van der Waals surface area contributed by atoms with Crippen LogP contribution in [0.2, 0.25) is 0 Å². The molecule has 4 heterocycles. The predicted octanol–water partition coefficient (Wildman–Crippen LogP) is 3.53. The second kappa shape index (κ2) is 8.66. The first-order valence-corrected chi connectivity index (χ1v) is 11.0. The van der Waals surface area contributed by atoms with E-state index in [-0.39, 0.29) is 5.82 Å². The van der Waals surface area contributed by atoms with Crippen molar-refractivity contribution < 1.29 is 4.39 Å². The highest BCUT2D eigenvalue weighted by atomic mass is 19.1. The van der Waals surface area contributed by atoms with Crippen LogP contribution in [0.5, 0.6) is 0 Å². The highest BCUT2D eigenvalue weighted by Gasteiger charge is 2.42. The lowest BCUT2D eigenvalue weighted by Gasteiger charge is -2.33. The molecule has 2 bridgehead atoms. The summed E-state index contributed by atoms with van der Waals surface area (Å²) in [5.74, 6) is 0.756. The summed E-state index contributed by atoms with van der Waals surface area (Å²) in [5, 5.41) is 6.26. The molecular weight excluding hydrogens is 407 g/mol. The average molecular weight is 435 g/mol. The highest BCUT2D eigenvalue weighted by molar-refractivity contribution is 5.63. The van der Waals surface area contributed by atoms with Gasteiger partial charge in [-0.15, -0.1) is 0 Å². The number of rotatable bonds is 7. The van der Waals surface area contributed by atoms with E-state index in [2.05, 4.69) is 54.3 Å². The zero-order chi connectivity index (χ0) is 22.1. The summed E-state index contributed by atoms with van der Waals surface area (Å²) >= 11 is 0. The second-order valence-electron chi connectivity index (χ2n) is 8.41. The quantitative estimate of drug-likeness (QED) is 0.585. The van der Waals surface area contributed by atoms with Crippen LogP contribution in [0.3, 0.4) is 0 Å². The van der Waals surface area contributed by atoms with Gasteiger partial charge in [0.15, 0.2) is 0 Å². The molecule has 2 N–H and O–H groups in total. The Bertz CT molecular complexity index is 1090. The Balaban J connectivity index is 1.29. The van der Waals surface area contributed by atoms with Gasteiger partial charge in [0.05, 0.1) is 11.4 Å². The lowest BCUT2D eigenvalue weighted by atomic mass is 10.2. The third kappa shape index (κ3) is 4.08. The minimum atomic E-state index is -0.232. The van der Waals surface area contributed by atoms with Crippen LogP contribution in [-0.4, -0.2) is 63.6 Å². The van der Waals surface area contributed by atoms with E-state index in [1.165, 1.54) is 6.07 Å². The molecule has 8 nitrogen and oxygen atoms in total. The molecule has 2 aromatic heterocycles. The van der Waals surface area contributed by atoms with Gasteiger partial charge < -0.3 is 15.5 Å². The molecule has 0 saturated carbocycles. The van der Waals surface area contributed by atoms with E-state index < -0.39 is 0 Å². The maximum atomic E-state index is 14.9. The van der Waals surface area contributed by atoms with Gasteiger partial charge >= 0.3 is 0 Å². The Kier molecular flexibility index (Phi) is 5.57. The van der Waals surface area contributed by atoms with Gasteiger partial charge in [0.25, 0.3) is 0 Å². The van der Waals surface area contributed by atoms with E-state index in [1.807, 2.05) is 12.1 Å². The standard InChI is InChI=1S/C23H27FN8/c1-3-7-25-22-27-11-15(12-28-22)20-6-8-26-23(30-20)29-16-4-5-21(19(24)9-16)32-14-17-10-18(32)13-31(17)2/h4-6,8-9,11-12,17-18H,3,7,10,13-14H2,1-2H3,(H,25,27,28)(H,26,29,30). The summed E-state index contributed by atoms with van der Waals surface area (Å²) in [5.41, 5.74) is 2.76. The van der Waals surface area contributed by atoms with E-state index in [0.717, 1.165) is 38.0 Å².